The molecule has 0 N–H and O–H groups in total. The monoisotopic (exact) mass is 182 g/mol. The van der Waals surface area contributed by atoms with Gasteiger partial charge < -0.3 is 0 Å². The molecule has 0 unspecified atom stereocenters. The molecule has 0 aliphatic heterocycles. The van der Waals surface area contributed by atoms with Crippen molar-refractivity contribution in [2.75, 3.05) is 7.05 Å². The molecule has 0 radical (unpaired) electrons. The Kier molecular flexibility index (Phi) is 5.43. The maximum atomic E-state index is 8.81. The molecule has 1 heterocycles. The van der Waals surface area contributed by atoms with Crippen molar-refractivity contribution < 1.29 is 4.92 Å². The van der Waals surface area contributed by atoms with Gasteiger partial charge in [0.15, 0.2) is 7.05 Å². The van der Waals surface area contributed by atoms with Crippen molar-refractivity contribution in [3.8, 4) is 0 Å². The van der Waals surface area contributed by atoms with Crippen LogP contribution in [0.5, 0.6) is 0 Å². The van der Waals surface area contributed by atoms with Crippen LogP contribution in [-0.4, -0.2) is 17.0 Å². The molecular formula is C9H14N2O2. The summed E-state index contributed by atoms with van der Waals surface area (Å²) in [4.78, 5) is 12.5. The summed E-state index contributed by atoms with van der Waals surface area (Å²) in [6.45, 7) is 4.28. The summed E-state index contributed by atoms with van der Waals surface area (Å²) in [7, 11) is 0.889. The summed E-state index contributed by atoms with van der Waals surface area (Å²) in [6, 6.07) is 6.00. The van der Waals surface area contributed by atoms with Crippen molar-refractivity contribution in [2.45, 2.75) is 19.8 Å². The standard InChI is InChI=1S/C8H11N.CH3NO2/c1-7(2)8-5-3-4-6-9-8;1-2(3)4/h3-7H,1-2H3;1H3. The lowest BCUT2D eigenvalue weighted by Gasteiger charge is -2.00. The van der Waals surface area contributed by atoms with Gasteiger partial charge in [-0.3, -0.25) is 15.1 Å². The second-order valence-corrected chi connectivity index (χ2v) is 2.85. The molecule has 0 atom stereocenters. The van der Waals surface area contributed by atoms with E-state index in [-0.39, 0.29) is 0 Å². The lowest BCUT2D eigenvalue weighted by molar-refractivity contribution is -0.445. The van der Waals surface area contributed by atoms with E-state index in [9.17, 15) is 0 Å². The zero-order valence-corrected chi connectivity index (χ0v) is 8.10. The molecule has 1 aromatic rings. The van der Waals surface area contributed by atoms with Crippen LogP contribution in [0.15, 0.2) is 24.4 Å². The first-order valence-corrected chi connectivity index (χ1v) is 4.03. The average Bonchev–Trinajstić information content (AvgIpc) is 2.05. The van der Waals surface area contributed by atoms with Crippen molar-refractivity contribution in [1.82, 2.24) is 4.98 Å². The van der Waals surface area contributed by atoms with Crippen LogP contribution in [0, 0.1) is 10.1 Å². The van der Waals surface area contributed by atoms with Crippen molar-refractivity contribution in [1.29, 1.82) is 0 Å². The largest absolute Gasteiger partial charge is 0.265 e. The average molecular weight is 182 g/mol. The van der Waals surface area contributed by atoms with Crippen LogP contribution in [0.1, 0.15) is 25.5 Å². The van der Waals surface area contributed by atoms with Gasteiger partial charge in [0.1, 0.15) is 0 Å². The molecule has 0 saturated heterocycles. The summed E-state index contributed by atoms with van der Waals surface area (Å²) < 4.78 is 0. The van der Waals surface area contributed by atoms with Crippen LogP contribution >= 0.6 is 0 Å². The third kappa shape index (κ3) is 6.93. The zero-order chi connectivity index (χ0) is 10.3. The van der Waals surface area contributed by atoms with Gasteiger partial charge >= 0.3 is 0 Å². The number of rotatable bonds is 1. The summed E-state index contributed by atoms with van der Waals surface area (Å²) >= 11 is 0. The van der Waals surface area contributed by atoms with Crippen LogP contribution in [0.3, 0.4) is 0 Å². The van der Waals surface area contributed by atoms with Crippen molar-refractivity contribution in [3.63, 3.8) is 0 Å². The fraction of sp³-hybridized carbons (Fsp3) is 0.444. The van der Waals surface area contributed by atoms with E-state index >= 15 is 0 Å². The Bertz CT molecular complexity index is 243. The number of nitro groups is 1. The molecule has 0 fully saturated rings. The van der Waals surface area contributed by atoms with Crippen LogP contribution < -0.4 is 0 Å². The molecule has 13 heavy (non-hydrogen) atoms. The minimum atomic E-state index is -0.500. The number of nitrogens with zero attached hydrogens (tertiary/aromatic N) is 2. The van der Waals surface area contributed by atoms with Gasteiger partial charge in [0, 0.05) is 16.8 Å². The highest BCUT2D eigenvalue weighted by atomic mass is 16.6. The smallest absolute Gasteiger partial charge is 0.194 e. The van der Waals surface area contributed by atoms with Crippen molar-refractivity contribution in [2.24, 2.45) is 0 Å². The molecule has 0 aliphatic carbocycles. The molecule has 0 amide bonds. The van der Waals surface area contributed by atoms with Gasteiger partial charge in [-0.05, 0) is 18.1 Å². The minimum Gasteiger partial charge on any atom is -0.265 e. The van der Waals surface area contributed by atoms with Crippen LogP contribution in [0.2, 0.25) is 0 Å². The number of hydrogen-bond acceptors (Lipinski definition) is 3. The molecule has 4 nitrogen and oxygen atoms in total. The van der Waals surface area contributed by atoms with Crippen LogP contribution in [0.4, 0.5) is 0 Å². The molecular weight excluding hydrogens is 168 g/mol. The molecule has 0 aliphatic rings. The fourth-order valence-electron chi connectivity index (χ4n) is 0.717. The summed E-state index contributed by atoms with van der Waals surface area (Å²) in [5.74, 6) is 0.547. The first-order chi connectivity index (χ1) is 6.04. The highest BCUT2D eigenvalue weighted by Gasteiger charge is 1.95. The molecule has 4 heteroatoms. The van der Waals surface area contributed by atoms with E-state index in [4.69, 9.17) is 10.1 Å². The zero-order valence-electron chi connectivity index (χ0n) is 8.10. The van der Waals surface area contributed by atoms with Gasteiger partial charge in [-0.25, -0.2) is 0 Å². The van der Waals surface area contributed by atoms with Gasteiger partial charge in [-0.15, -0.1) is 0 Å². The van der Waals surface area contributed by atoms with E-state index in [2.05, 4.69) is 18.8 Å². The Balaban J connectivity index is 0.000000310. The van der Waals surface area contributed by atoms with E-state index in [1.165, 1.54) is 0 Å². The normalized spacial score (nSPS) is 8.92. The van der Waals surface area contributed by atoms with E-state index in [0.717, 1.165) is 12.7 Å². The second-order valence-electron chi connectivity index (χ2n) is 2.85. The third-order valence-corrected chi connectivity index (χ3v) is 1.28. The predicted octanol–water partition coefficient (Wildman–Crippen LogP) is 2.10. The van der Waals surface area contributed by atoms with Crippen LogP contribution in [-0.2, 0) is 0 Å². The Morgan fingerprint density at radius 1 is 1.46 bits per heavy atom. The van der Waals surface area contributed by atoms with Crippen molar-refractivity contribution in [3.05, 3.63) is 40.2 Å². The Morgan fingerprint density at radius 2 is 2.00 bits per heavy atom. The molecule has 0 aromatic carbocycles. The lowest BCUT2D eigenvalue weighted by Crippen LogP contribution is -1.88. The van der Waals surface area contributed by atoms with E-state index in [0.29, 0.717) is 5.92 Å². The van der Waals surface area contributed by atoms with E-state index < -0.39 is 4.92 Å². The minimum absolute atomic E-state index is 0.500. The molecule has 1 rings (SSSR count). The first kappa shape index (κ1) is 11.6. The lowest BCUT2D eigenvalue weighted by atomic mass is 10.1. The SMILES string of the molecule is CC(C)c1ccccn1.C[N+](=O)[O-]. The molecule has 0 saturated carbocycles. The van der Waals surface area contributed by atoms with E-state index in [1.54, 1.807) is 0 Å². The second kappa shape index (κ2) is 6.11. The quantitative estimate of drug-likeness (QED) is 0.493. The van der Waals surface area contributed by atoms with Gasteiger partial charge in [0.2, 0.25) is 0 Å². The maximum Gasteiger partial charge on any atom is 0.194 e. The van der Waals surface area contributed by atoms with Gasteiger partial charge in [-0.2, -0.15) is 0 Å². The molecule has 0 spiro atoms. The summed E-state index contributed by atoms with van der Waals surface area (Å²) in [5, 5.41) is 8.81. The molecule has 1 aromatic heterocycles. The third-order valence-electron chi connectivity index (χ3n) is 1.28. The molecule has 72 valence electrons. The summed E-state index contributed by atoms with van der Waals surface area (Å²) in [5.41, 5.74) is 1.16. The van der Waals surface area contributed by atoms with Crippen LogP contribution in [0.25, 0.3) is 0 Å². The van der Waals surface area contributed by atoms with Gasteiger partial charge in [0.05, 0.1) is 0 Å². The Hall–Kier alpha value is -1.45. The Labute approximate surface area is 77.8 Å². The van der Waals surface area contributed by atoms with E-state index in [1.807, 2.05) is 24.4 Å². The fourth-order valence-corrected chi connectivity index (χ4v) is 0.717. The molecule has 0 bridgehead atoms. The summed E-state index contributed by atoms with van der Waals surface area (Å²) in [6.07, 6.45) is 1.83. The Morgan fingerprint density at radius 3 is 2.23 bits per heavy atom. The number of pyridine rings is 1. The first-order valence-electron chi connectivity index (χ1n) is 4.03. The van der Waals surface area contributed by atoms with Gasteiger partial charge in [0.25, 0.3) is 0 Å². The van der Waals surface area contributed by atoms with Crippen molar-refractivity contribution >= 4 is 0 Å². The maximum absolute atomic E-state index is 8.81. The topological polar surface area (TPSA) is 56.0 Å². The number of hydrogen-bond donors (Lipinski definition) is 0. The van der Waals surface area contributed by atoms with Gasteiger partial charge in [-0.1, -0.05) is 19.9 Å². The predicted molar refractivity (Wildman–Crippen MR) is 51.2 cm³/mol. The highest BCUT2D eigenvalue weighted by molar-refractivity contribution is 5.06. The number of aromatic nitrogens is 1. The highest BCUT2D eigenvalue weighted by Crippen LogP contribution is 2.08.